The summed E-state index contributed by atoms with van der Waals surface area (Å²) in [6.45, 7) is 5.07. The van der Waals surface area contributed by atoms with Crippen molar-refractivity contribution in [3.8, 4) is 0 Å². The first kappa shape index (κ1) is 16.9. The fourth-order valence-corrected chi connectivity index (χ4v) is 1.88. The third-order valence-corrected chi connectivity index (χ3v) is 2.42. The number of ether oxygens (including phenoxy) is 1. The van der Waals surface area contributed by atoms with E-state index < -0.39 is 33.6 Å². The highest BCUT2D eigenvalue weighted by molar-refractivity contribution is 7.88. The number of hydrogen-bond donors (Lipinski definition) is 2. The Bertz CT molecular complexity index is 409. The van der Waals surface area contributed by atoms with Gasteiger partial charge in [0.15, 0.2) is 0 Å². The van der Waals surface area contributed by atoms with Gasteiger partial charge in [-0.2, -0.15) is 0 Å². The highest BCUT2D eigenvalue weighted by atomic mass is 32.2. The normalized spacial score (nSPS) is 14.0. The van der Waals surface area contributed by atoms with Gasteiger partial charge in [-0.25, -0.2) is 13.1 Å². The van der Waals surface area contributed by atoms with Gasteiger partial charge in [0.1, 0.15) is 11.6 Å². The lowest BCUT2D eigenvalue weighted by Crippen LogP contribution is -2.40. The van der Waals surface area contributed by atoms with Gasteiger partial charge in [0.2, 0.25) is 10.0 Å². The molecule has 0 spiro atoms. The Labute approximate surface area is 107 Å². The first-order chi connectivity index (χ1) is 7.91. The topological polar surface area (TPSA) is 110 Å². The number of carbonyl (C=O) groups excluding carboxylic acids is 1. The molecular weight excluding hydrogens is 262 g/mol. The minimum Gasteiger partial charge on any atom is -0.480 e. The van der Waals surface area contributed by atoms with E-state index in [1.807, 2.05) is 4.72 Å². The van der Waals surface area contributed by atoms with Gasteiger partial charge in [-0.1, -0.05) is 0 Å². The van der Waals surface area contributed by atoms with Crippen LogP contribution in [0.3, 0.4) is 0 Å². The van der Waals surface area contributed by atoms with E-state index in [9.17, 15) is 18.0 Å². The second-order valence-electron chi connectivity index (χ2n) is 4.91. The Hall–Kier alpha value is -1.15. The molecule has 0 heterocycles. The van der Waals surface area contributed by atoms with Crippen molar-refractivity contribution in [2.24, 2.45) is 0 Å². The van der Waals surface area contributed by atoms with Crippen LogP contribution in [-0.2, 0) is 24.3 Å². The third-order valence-electron chi connectivity index (χ3n) is 1.71. The second-order valence-corrected chi connectivity index (χ2v) is 6.69. The first-order valence-electron chi connectivity index (χ1n) is 5.32. The van der Waals surface area contributed by atoms with E-state index in [1.165, 1.54) is 0 Å². The van der Waals surface area contributed by atoms with Crippen LogP contribution in [0, 0.1) is 0 Å². The molecule has 0 aromatic rings. The zero-order chi connectivity index (χ0) is 14.6. The molecule has 0 aliphatic rings. The molecule has 7 nitrogen and oxygen atoms in total. The molecule has 0 aliphatic heterocycles. The van der Waals surface area contributed by atoms with Gasteiger partial charge in [0, 0.05) is 6.42 Å². The van der Waals surface area contributed by atoms with Crippen molar-refractivity contribution in [2.75, 3.05) is 6.26 Å². The van der Waals surface area contributed by atoms with Crippen molar-refractivity contribution in [2.45, 2.75) is 45.3 Å². The maximum atomic E-state index is 11.4. The molecule has 0 saturated carbocycles. The number of nitrogens with one attached hydrogen (secondary N) is 1. The van der Waals surface area contributed by atoms with Gasteiger partial charge in [-0.05, 0) is 27.2 Å². The molecule has 0 amide bonds. The smallest absolute Gasteiger partial charge is 0.321 e. The van der Waals surface area contributed by atoms with Gasteiger partial charge >= 0.3 is 11.9 Å². The summed E-state index contributed by atoms with van der Waals surface area (Å²) in [7, 11) is -3.63. The molecule has 18 heavy (non-hydrogen) atoms. The van der Waals surface area contributed by atoms with E-state index in [0.29, 0.717) is 0 Å². The summed E-state index contributed by atoms with van der Waals surface area (Å²) in [6, 6.07) is -1.33. The summed E-state index contributed by atoms with van der Waals surface area (Å²) in [5.41, 5.74) is -0.653. The summed E-state index contributed by atoms with van der Waals surface area (Å²) < 4.78 is 28.8. The quantitative estimate of drug-likeness (QED) is 0.669. The Morgan fingerprint density at radius 1 is 1.33 bits per heavy atom. The highest BCUT2D eigenvalue weighted by Gasteiger charge is 2.24. The summed E-state index contributed by atoms with van der Waals surface area (Å²) >= 11 is 0. The van der Waals surface area contributed by atoms with Gasteiger partial charge in [0.25, 0.3) is 0 Å². The molecular formula is C10H19NO6S. The zero-order valence-corrected chi connectivity index (χ0v) is 11.7. The van der Waals surface area contributed by atoms with Gasteiger partial charge in [-0.3, -0.25) is 9.59 Å². The summed E-state index contributed by atoms with van der Waals surface area (Å²) in [5.74, 6) is -1.90. The van der Waals surface area contributed by atoms with Crippen molar-refractivity contribution in [1.29, 1.82) is 0 Å². The van der Waals surface area contributed by atoms with E-state index in [1.54, 1.807) is 20.8 Å². The number of esters is 1. The zero-order valence-electron chi connectivity index (χ0n) is 10.9. The van der Waals surface area contributed by atoms with E-state index in [0.717, 1.165) is 6.26 Å². The van der Waals surface area contributed by atoms with Crippen molar-refractivity contribution in [1.82, 2.24) is 4.72 Å². The highest BCUT2D eigenvalue weighted by Crippen LogP contribution is 2.10. The molecule has 0 aliphatic carbocycles. The Morgan fingerprint density at radius 3 is 2.17 bits per heavy atom. The number of sulfonamides is 1. The van der Waals surface area contributed by atoms with E-state index >= 15 is 0 Å². The molecule has 0 saturated heterocycles. The minimum absolute atomic E-state index is 0.155. The Morgan fingerprint density at radius 2 is 1.83 bits per heavy atom. The van der Waals surface area contributed by atoms with Crippen LogP contribution in [0.2, 0.25) is 0 Å². The number of aliphatic carboxylic acids is 1. The summed E-state index contributed by atoms with van der Waals surface area (Å²) in [5, 5.41) is 8.80. The molecule has 0 fully saturated rings. The van der Waals surface area contributed by atoms with Crippen LogP contribution in [0.25, 0.3) is 0 Å². The van der Waals surface area contributed by atoms with Crippen LogP contribution in [0.15, 0.2) is 0 Å². The van der Waals surface area contributed by atoms with E-state index in [2.05, 4.69) is 0 Å². The molecule has 0 aromatic heterocycles. The molecule has 0 radical (unpaired) electrons. The molecule has 8 heteroatoms. The average molecular weight is 281 g/mol. The molecule has 106 valence electrons. The average Bonchev–Trinajstić information content (AvgIpc) is 2.06. The predicted octanol–water partition coefficient (Wildman–Crippen LogP) is 0.111. The van der Waals surface area contributed by atoms with Crippen LogP contribution in [0.4, 0.5) is 0 Å². The monoisotopic (exact) mass is 281 g/mol. The van der Waals surface area contributed by atoms with Crippen LogP contribution in [0.1, 0.15) is 33.6 Å². The van der Waals surface area contributed by atoms with Crippen molar-refractivity contribution in [3.05, 3.63) is 0 Å². The second kappa shape index (κ2) is 6.14. The lowest BCUT2D eigenvalue weighted by Gasteiger charge is -2.20. The first-order valence-corrected chi connectivity index (χ1v) is 7.22. The predicted molar refractivity (Wildman–Crippen MR) is 64.5 cm³/mol. The molecule has 0 bridgehead atoms. The third kappa shape index (κ3) is 8.94. The fourth-order valence-electron chi connectivity index (χ4n) is 1.15. The van der Waals surface area contributed by atoms with E-state index in [4.69, 9.17) is 9.84 Å². The molecule has 0 aromatic carbocycles. The fraction of sp³-hybridized carbons (Fsp3) is 0.800. The molecule has 1 unspecified atom stereocenters. The lowest BCUT2D eigenvalue weighted by atomic mass is 10.1. The number of hydrogen-bond acceptors (Lipinski definition) is 5. The largest absolute Gasteiger partial charge is 0.480 e. The van der Waals surface area contributed by atoms with Crippen LogP contribution in [-0.4, -0.2) is 43.4 Å². The van der Waals surface area contributed by atoms with Crippen LogP contribution >= 0.6 is 0 Å². The van der Waals surface area contributed by atoms with Crippen molar-refractivity contribution >= 4 is 22.0 Å². The van der Waals surface area contributed by atoms with Gasteiger partial charge in [-0.15, -0.1) is 0 Å². The summed E-state index contributed by atoms with van der Waals surface area (Å²) in [6.07, 6.45) is 0.532. The standard InChI is InChI=1S/C10H19NO6S/c1-10(2,3)17-8(12)6-5-7(9(13)14)11-18(4,15)16/h7,11H,5-6H2,1-4H3,(H,13,14). The van der Waals surface area contributed by atoms with Gasteiger partial charge < -0.3 is 9.84 Å². The lowest BCUT2D eigenvalue weighted by molar-refractivity contribution is -0.155. The SMILES string of the molecule is CC(C)(C)OC(=O)CCC(NS(C)(=O)=O)C(=O)O. The molecule has 1 atom stereocenters. The number of carbonyl (C=O) groups is 2. The number of rotatable bonds is 6. The van der Waals surface area contributed by atoms with Crippen molar-refractivity contribution < 1.29 is 27.9 Å². The number of carboxylic acid groups (broad SMARTS) is 1. The van der Waals surface area contributed by atoms with Crippen LogP contribution < -0.4 is 4.72 Å². The Balaban J connectivity index is 4.38. The van der Waals surface area contributed by atoms with E-state index in [-0.39, 0.29) is 12.8 Å². The maximum absolute atomic E-state index is 11.4. The minimum atomic E-state index is -3.63. The maximum Gasteiger partial charge on any atom is 0.321 e. The summed E-state index contributed by atoms with van der Waals surface area (Å²) in [4.78, 5) is 22.2. The molecule has 2 N–H and O–H groups in total. The molecule has 0 rings (SSSR count). The number of carboxylic acids is 1. The Kier molecular flexibility index (Phi) is 5.75. The van der Waals surface area contributed by atoms with Gasteiger partial charge in [0.05, 0.1) is 6.26 Å². The van der Waals surface area contributed by atoms with Crippen molar-refractivity contribution in [3.63, 3.8) is 0 Å². The van der Waals surface area contributed by atoms with Crippen LogP contribution in [0.5, 0.6) is 0 Å².